The Morgan fingerprint density at radius 1 is 1.50 bits per heavy atom. The van der Waals surface area contributed by atoms with Crippen LogP contribution in [0, 0.1) is 0 Å². The summed E-state index contributed by atoms with van der Waals surface area (Å²) < 4.78 is 4.86. The van der Waals surface area contributed by atoms with Crippen LogP contribution in [0.15, 0.2) is 0 Å². The fraction of sp³-hybridized carbons (Fsp3) is 0.875. The second-order valence-electron chi connectivity index (χ2n) is 2.93. The molecule has 0 spiro atoms. The molecule has 0 aliphatic carbocycles. The number of alkyl carbamates (subject to hydrolysis) is 1. The molecule has 1 aliphatic heterocycles. The first-order valence-corrected chi connectivity index (χ1v) is 4.40. The summed E-state index contributed by atoms with van der Waals surface area (Å²) in [6.45, 7) is 3.67. The number of amides is 1. The van der Waals surface area contributed by atoms with Gasteiger partial charge in [-0.1, -0.05) is 0 Å². The van der Waals surface area contributed by atoms with Crippen molar-refractivity contribution in [2.45, 2.75) is 12.8 Å². The summed E-state index contributed by atoms with van der Waals surface area (Å²) in [6, 6.07) is 0. The van der Waals surface area contributed by atoms with Crippen LogP contribution >= 0.6 is 0 Å². The highest BCUT2D eigenvalue weighted by molar-refractivity contribution is 5.66. The number of nitrogens with one attached hydrogen (secondary N) is 1. The molecule has 12 heavy (non-hydrogen) atoms. The SMILES string of the molecule is CNC(=O)OCCN1CCCC1. The van der Waals surface area contributed by atoms with Crippen molar-refractivity contribution in [2.24, 2.45) is 0 Å². The minimum atomic E-state index is -0.339. The zero-order valence-electron chi connectivity index (χ0n) is 7.51. The van der Waals surface area contributed by atoms with Gasteiger partial charge in [0.05, 0.1) is 0 Å². The number of likely N-dealkylation sites (tertiary alicyclic amines) is 1. The van der Waals surface area contributed by atoms with Crippen LogP contribution in [0.4, 0.5) is 4.79 Å². The number of ether oxygens (including phenoxy) is 1. The average Bonchev–Trinajstić information content (AvgIpc) is 2.57. The molecule has 1 rings (SSSR count). The molecule has 4 heteroatoms. The molecule has 0 aromatic carbocycles. The largest absolute Gasteiger partial charge is 0.448 e. The van der Waals surface area contributed by atoms with Crippen molar-refractivity contribution in [1.29, 1.82) is 0 Å². The van der Waals surface area contributed by atoms with Gasteiger partial charge >= 0.3 is 6.09 Å². The third kappa shape index (κ3) is 3.09. The Hall–Kier alpha value is -0.770. The van der Waals surface area contributed by atoms with Gasteiger partial charge in [0, 0.05) is 13.6 Å². The van der Waals surface area contributed by atoms with Crippen molar-refractivity contribution in [1.82, 2.24) is 10.2 Å². The Morgan fingerprint density at radius 2 is 2.17 bits per heavy atom. The lowest BCUT2D eigenvalue weighted by molar-refractivity contribution is 0.134. The van der Waals surface area contributed by atoms with Crippen LogP contribution < -0.4 is 5.32 Å². The van der Waals surface area contributed by atoms with E-state index < -0.39 is 0 Å². The van der Waals surface area contributed by atoms with Gasteiger partial charge in [-0.05, 0) is 25.9 Å². The molecular weight excluding hydrogens is 156 g/mol. The monoisotopic (exact) mass is 172 g/mol. The first kappa shape index (κ1) is 9.32. The van der Waals surface area contributed by atoms with Gasteiger partial charge in [0.1, 0.15) is 6.61 Å². The lowest BCUT2D eigenvalue weighted by Gasteiger charge is -2.13. The van der Waals surface area contributed by atoms with E-state index in [1.54, 1.807) is 7.05 Å². The second kappa shape index (κ2) is 4.98. The first-order chi connectivity index (χ1) is 5.83. The van der Waals surface area contributed by atoms with Gasteiger partial charge in [0.2, 0.25) is 0 Å². The third-order valence-corrected chi connectivity index (χ3v) is 2.04. The Kier molecular flexibility index (Phi) is 3.87. The highest BCUT2D eigenvalue weighted by Crippen LogP contribution is 2.05. The molecule has 0 atom stereocenters. The van der Waals surface area contributed by atoms with E-state index in [1.165, 1.54) is 12.8 Å². The fourth-order valence-corrected chi connectivity index (χ4v) is 1.35. The van der Waals surface area contributed by atoms with E-state index in [0.717, 1.165) is 19.6 Å². The Morgan fingerprint density at radius 3 is 2.75 bits per heavy atom. The van der Waals surface area contributed by atoms with Crippen LogP contribution in [0.25, 0.3) is 0 Å². The molecule has 0 aromatic rings. The van der Waals surface area contributed by atoms with Crippen molar-refractivity contribution in [3.63, 3.8) is 0 Å². The number of carbonyl (C=O) groups is 1. The van der Waals surface area contributed by atoms with Crippen molar-refractivity contribution in [2.75, 3.05) is 33.3 Å². The Balaban J connectivity index is 1.97. The zero-order valence-corrected chi connectivity index (χ0v) is 7.51. The van der Waals surface area contributed by atoms with E-state index in [1.807, 2.05) is 0 Å². The number of hydrogen-bond donors (Lipinski definition) is 1. The maximum Gasteiger partial charge on any atom is 0.406 e. The van der Waals surface area contributed by atoms with Crippen molar-refractivity contribution >= 4 is 6.09 Å². The summed E-state index contributed by atoms with van der Waals surface area (Å²) in [6.07, 6.45) is 2.22. The summed E-state index contributed by atoms with van der Waals surface area (Å²) in [5, 5.41) is 2.41. The number of nitrogens with zero attached hydrogens (tertiary/aromatic N) is 1. The summed E-state index contributed by atoms with van der Waals surface area (Å²) in [7, 11) is 1.57. The summed E-state index contributed by atoms with van der Waals surface area (Å²) in [5.41, 5.74) is 0. The average molecular weight is 172 g/mol. The van der Waals surface area contributed by atoms with Crippen LogP contribution in [0.5, 0.6) is 0 Å². The topological polar surface area (TPSA) is 41.6 Å². The minimum absolute atomic E-state index is 0.339. The normalized spacial score (nSPS) is 17.8. The standard InChI is InChI=1S/C8H16N2O2/c1-9-8(11)12-7-6-10-4-2-3-5-10/h2-7H2,1H3,(H,9,11). The van der Waals surface area contributed by atoms with E-state index >= 15 is 0 Å². The molecule has 0 radical (unpaired) electrons. The molecule has 1 amide bonds. The number of rotatable bonds is 3. The molecule has 0 bridgehead atoms. The molecule has 1 fully saturated rings. The van der Waals surface area contributed by atoms with Crippen LogP contribution in [0.2, 0.25) is 0 Å². The maximum absolute atomic E-state index is 10.6. The summed E-state index contributed by atoms with van der Waals surface area (Å²) in [5.74, 6) is 0. The van der Waals surface area contributed by atoms with Gasteiger partial charge in [0.25, 0.3) is 0 Å². The van der Waals surface area contributed by atoms with Crippen LogP contribution in [-0.2, 0) is 4.74 Å². The summed E-state index contributed by atoms with van der Waals surface area (Å²) in [4.78, 5) is 12.9. The second-order valence-corrected chi connectivity index (χ2v) is 2.93. The lowest BCUT2D eigenvalue weighted by atomic mass is 10.4. The Labute approximate surface area is 72.9 Å². The van der Waals surface area contributed by atoms with Crippen LogP contribution in [-0.4, -0.2) is 44.3 Å². The van der Waals surface area contributed by atoms with Crippen molar-refractivity contribution in [3.8, 4) is 0 Å². The number of carbonyl (C=O) groups excluding carboxylic acids is 1. The van der Waals surface area contributed by atoms with Gasteiger partial charge in [-0.25, -0.2) is 4.79 Å². The quantitative estimate of drug-likeness (QED) is 0.671. The van der Waals surface area contributed by atoms with Crippen LogP contribution in [0.1, 0.15) is 12.8 Å². The molecule has 70 valence electrons. The molecule has 4 nitrogen and oxygen atoms in total. The third-order valence-electron chi connectivity index (χ3n) is 2.04. The minimum Gasteiger partial charge on any atom is -0.448 e. The molecule has 1 N–H and O–H groups in total. The molecule has 1 heterocycles. The molecule has 0 saturated carbocycles. The van der Waals surface area contributed by atoms with Crippen molar-refractivity contribution in [3.05, 3.63) is 0 Å². The molecular formula is C8H16N2O2. The predicted octanol–water partition coefficient (Wildman–Crippen LogP) is 0.438. The first-order valence-electron chi connectivity index (χ1n) is 4.40. The summed E-state index contributed by atoms with van der Waals surface area (Å²) >= 11 is 0. The number of hydrogen-bond acceptors (Lipinski definition) is 3. The van der Waals surface area contributed by atoms with Crippen LogP contribution in [0.3, 0.4) is 0 Å². The highest BCUT2D eigenvalue weighted by Gasteiger charge is 2.10. The van der Waals surface area contributed by atoms with E-state index in [9.17, 15) is 4.79 Å². The van der Waals surface area contributed by atoms with Gasteiger partial charge in [-0.2, -0.15) is 0 Å². The fourth-order valence-electron chi connectivity index (χ4n) is 1.35. The van der Waals surface area contributed by atoms with Gasteiger partial charge in [0.15, 0.2) is 0 Å². The zero-order chi connectivity index (χ0) is 8.81. The van der Waals surface area contributed by atoms with Crippen molar-refractivity contribution < 1.29 is 9.53 Å². The molecule has 1 aliphatic rings. The van der Waals surface area contributed by atoms with Gasteiger partial charge < -0.3 is 10.1 Å². The maximum atomic E-state index is 10.6. The lowest BCUT2D eigenvalue weighted by Crippen LogP contribution is -2.27. The van der Waals surface area contributed by atoms with Gasteiger partial charge in [-0.3, -0.25) is 4.90 Å². The molecule has 1 saturated heterocycles. The highest BCUT2D eigenvalue weighted by atomic mass is 16.5. The molecule has 0 aromatic heterocycles. The predicted molar refractivity (Wildman–Crippen MR) is 46.1 cm³/mol. The Bertz CT molecular complexity index is 144. The smallest absolute Gasteiger partial charge is 0.406 e. The van der Waals surface area contributed by atoms with E-state index in [0.29, 0.717) is 6.61 Å². The van der Waals surface area contributed by atoms with E-state index in [-0.39, 0.29) is 6.09 Å². The van der Waals surface area contributed by atoms with E-state index in [2.05, 4.69) is 10.2 Å². The van der Waals surface area contributed by atoms with Gasteiger partial charge in [-0.15, -0.1) is 0 Å². The van der Waals surface area contributed by atoms with E-state index in [4.69, 9.17) is 4.74 Å². The molecule has 0 unspecified atom stereocenters.